The highest BCUT2D eigenvalue weighted by molar-refractivity contribution is 7.89. The van der Waals surface area contributed by atoms with Gasteiger partial charge in [0.05, 0.1) is 0 Å². The average molecular weight is 310 g/mol. The fourth-order valence-electron chi connectivity index (χ4n) is 2.37. The Morgan fingerprint density at radius 1 is 1.26 bits per heavy atom. The van der Waals surface area contributed by atoms with Crippen LogP contribution < -0.4 is 10.5 Å². The molecule has 0 aromatic carbocycles. The molecule has 3 N–H and O–H groups in total. The summed E-state index contributed by atoms with van der Waals surface area (Å²) in [6.07, 6.45) is 3.27. The molecule has 19 heavy (non-hydrogen) atoms. The average Bonchev–Trinajstić information content (AvgIpc) is 2.62. The van der Waals surface area contributed by atoms with Crippen LogP contribution in [0, 0.1) is 13.8 Å². The molecule has 0 amide bonds. The van der Waals surface area contributed by atoms with Crippen molar-refractivity contribution < 1.29 is 12.9 Å². The fourth-order valence-corrected chi connectivity index (χ4v) is 4.01. The highest BCUT2D eigenvalue weighted by Gasteiger charge is 2.28. The minimum absolute atomic E-state index is 0. The van der Waals surface area contributed by atoms with E-state index >= 15 is 0 Å². The summed E-state index contributed by atoms with van der Waals surface area (Å²) in [6, 6.07) is 0.160. The van der Waals surface area contributed by atoms with Gasteiger partial charge < -0.3 is 10.3 Å². The van der Waals surface area contributed by atoms with E-state index < -0.39 is 10.0 Å². The van der Waals surface area contributed by atoms with E-state index in [-0.39, 0.29) is 29.4 Å². The molecule has 0 atom stereocenters. The van der Waals surface area contributed by atoms with Crippen molar-refractivity contribution in [3.05, 3.63) is 11.5 Å². The number of aryl methyl sites for hydroxylation is 2. The molecule has 1 aliphatic carbocycles. The number of aromatic nitrogens is 1. The van der Waals surface area contributed by atoms with Crippen LogP contribution in [-0.4, -0.2) is 25.7 Å². The molecule has 6 nitrogen and oxygen atoms in total. The van der Waals surface area contributed by atoms with Crippen LogP contribution >= 0.6 is 12.4 Å². The van der Waals surface area contributed by atoms with E-state index in [0.29, 0.717) is 11.5 Å². The zero-order chi connectivity index (χ0) is 13.3. The summed E-state index contributed by atoms with van der Waals surface area (Å²) >= 11 is 0. The van der Waals surface area contributed by atoms with Crippen LogP contribution in [0.5, 0.6) is 0 Å². The predicted octanol–water partition coefficient (Wildman–Crippen LogP) is 1.26. The van der Waals surface area contributed by atoms with Gasteiger partial charge in [-0.05, 0) is 39.5 Å². The third kappa shape index (κ3) is 3.68. The van der Waals surface area contributed by atoms with Gasteiger partial charge in [-0.1, -0.05) is 5.16 Å². The highest BCUT2D eigenvalue weighted by Crippen LogP contribution is 2.22. The summed E-state index contributed by atoms with van der Waals surface area (Å²) in [5, 5.41) is 3.67. The number of sulfonamides is 1. The fraction of sp³-hybridized carbons (Fsp3) is 0.727. The minimum Gasteiger partial charge on any atom is -0.360 e. The van der Waals surface area contributed by atoms with Crippen LogP contribution in [0.2, 0.25) is 0 Å². The van der Waals surface area contributed by atoms with Gasteiger partial charge in [0.2, 0.25) is 10.0 Å². The SMILES string of the molecule is Cc1noc(C)c1S(=O)(=O)NC1CCC(N)CC1.Cl. The van der Waals surface area contributed by atoms with Crippen LogP contribution in [0.25, 0.3) is 0 Å². The van der Waals surface area contributed by atoms with E-state index in [2.05, 4.69) is 9.88 Å². The molecule has 0 unspecified atom stereocenters. The molecule has 0 radical (unpaired) electrons. The van der Waals surface area contributed by atoms with E-state index in [4.69, 9.17) is 10.3 Å². The number of nitrogens with zero attached hydrogens (tertiary/aromatic N) is 1. The van der Waals surface area contributed by atoms with Crippen molar-refractivity contribution in [3.63, 3.8) is 0 Å². The van der Waals surface area contributed by atoms with Crippen molar-refractivity contribution >= 4 is 22.4 Å². The van der Waals surface area contributed by atoms with E-state index in [0.717, 1.165) is 25.7 Å². The maximum absolute atomic E-state index is 12.2. The maximum Gasteiger partial charge on any atom is 0.246 e. The second-order valence-electron chi connectivity index (χ2n) is 4.89. The van der Waals surface area contributed by atoms with Gasteiger partial charge in [-0.25, -0.2) is 13.1 Å². The van der Waals surface area contributed by atoms with Gasteiger partial charge in [-0.15, -0.1) is 12.4 Å². The van der Waals surface area contributed by atoms with Crippen molar-refractivity contribution in [1.29, 1.82) is 0 Å². The first-order valence-electron chi connectivity index (χ1n) is 6.11. The van der Waals surface area contributed by atoms with Gasteiger partial charge in [0.25, 0.3) is 0 Å². The molecule has 1 aromatic heterocycles. The quantitative estimate of drug-likeness (QED) is 0.876. The van der Waals surface area contributed by atoms with Crippen LogP contribution in [-0.2, 0) is 10.0 Å². The molecule has 0 spiro atoms. The lowest BCUT2D eigenvalue weighted by atomic mass is 9.93. The molecule has 0 bridgehead atoms. The first-order valence-corrected chi connectivity index (χ1v) is 7.59. The van der Waals surface area contributed by atoms with E-state index in [1.54, 1.807) is 13.8 Å². The Morgan fingerprint density at radius 3 is 2.32 bits per heavy atom. The molecule has 110 valence electrons. The topological polar surface area (TPSA) is 98.2 Å². The van der Waals surface area contributed by atoms with E-state index in [1.807, 2.05) is 0 Å². The Hall–Kier alpha value is -0.630. The monoisotopic (exact) mass is 309 g/mol. The van der Waals surface area contributed by atoms with Crippen LogP contribution in [0.15, 0.2) is 9.42 Å². The zero-order valence-corrected chi connectivity index (χ0v) is 12.7. The van der Waals surface area contributed by atoms with Crippen molar-refractivity contribution in [2.75, 3.05) is 0 Å². The van der Waals surface area contributed by atoms with Gasteiger partial charge in [-0.2, -0.15) is 0 Å². The Labute approximate surface area is 119 Å². The first-order chi connectivity index (χ1) is 8.40. The van der Waals surface area contributed by atoms with Crippen molar-refractivity contribution in [1.82, 2.24) is 9.88 Å². The summed E-state index contributed by atoms with van der Waals surface area (Å²) in [4.78, 5) is 0.164. The number of nitrogens with two attached hydrogens (primary N) is 1. The van der Waals surface area contributed by atoms with Crippen molar-refractivity contribution in [2.45, 2.75) is 56.5 Å². The highest BCUT2D eigenvalue weighted by atomic mass is 35.5. The van der Waals surface area contributed by atoms with Crippen molar-refractivity contribution in [3.8, 4) is 0 Å². The molecular formula is C11H20ClN3O3S. The standard InChI is InChI=1S/C11H19N3O3S.ClH/c1-7-11(8(2)17-13-7)18(15,16)14-10-5-3-9(12)4-6-10;/h9-10,14H,3-6,12H2,1-2H3;1H. The summed E-state index contributed by atoms with van der Waals surface area (Å²) in [7, 11) is -3.54. The van der Waals surface area contributed by atoms with Crippen molar-refractivity contribution in [2.24, 2.45) is 5.73 Å². The Kier molecular flexibility index (Phi) is 5.37. The molecule has 1 aliphatic rings. The summed E-state index contributed by atoms with van der Waals surface area (Å²) < 4.78 is 32.1. The lowest BCUT2D eigenvalue weighted by Gasteiger charge is -2.26. The molecule has 1 saturated carbocycles. The lowest BCUT2D eigenvalue weighted by Crippen LogP contribution is -2.40. The lowest BCUT2D eigenvalue weighted by molar-refractivity contribution is 0.372. The third-order valence-corrected chi connectivity index (χ3v) is 5.09. The summed E-state index contributed by atoms with van der Waals surface area (Å²) in [6.45, 7) is 3.23. The van der Waals surface area contributed by atoms with Gasteiger partial charge >= 0.3 is 0 Å². The second kappa shape index (κ2) is 6.21. The van der Waals surface area contributed by atoms with Crippen LogP contribution in [0.4, 0.5) is 0 Å². The molecule has 0 aliphatic heterocycles. The Bertz CT molecular complexity index is 502. The second-order valence-corrected chi connectivity index (χ2v) is 6.54. The molecule has 1 heterocycles. The molecule has 1 aromatic rings. The predicted molar refractivity (Wildman–Crippen MR) is 73.8 cm³/mol. The summed E-state index contributed by atoms with van der Waals surface area (Å²) in [5.74, 6) is 0.326. The molecule has 0 saturated heterocycles. The maximum atomic E-state index is 12.2. The van der Waals surface area contributed by atoms with E-state index in [9.17, 15) is 8.42 Å². The molecule has 8 heteroatoms. The number of hydrogen-bond acceptors (Lipinski definition) is 5. The summed E-state index contributed by atoms with van der Waals surface area (Å²) in [5.41, 5.74) is 6.20. The van der Waals surface area contributed by atoms with E-state index in [1.165, 1.54) is 0 Å². The normalized spacial score (nSPS) is 23.9. The molecule has 1 fully saturated rings. The number of hydrogen-bond donors (Lipinski definition) is 2. The number of nitrogens with one attached hydrogen (secondary N) is 1. The molecular weight excluding hydrogens is 290 g/mol. The van der Waals surface area contributed by atoms with Crippen LogP contribution in [0.3, 0.4) is 0 Å². The van der Waals surface area contributed by atoms with Gasteiger partial charge in [-0.3, -0.25) is 0 Å². The third-order valence-electron chi connectivity index (χ3n) is 3.33. The Balaban J connectivity index is 0.00000180. The Morgan fingerprint density at radius 2 is 1.84 bits per heavy atom. The first kappa shape index (κ1) is 16.4. The number of rotatable bonds is 3. The zero-order valence-electron chi connectivity index (χ0n) is 11.0. The van der Waals surface area contributed by atoms with Gasteiger partial charge in [0.15, 0.2) is 5.76 Å². The minimum atomic E-state index is -3.54. The largest absolute Gasteiger partial charge is 0.360 e. The smallest absolute Gasteiger partial charge is 0.246 e. The van der Waals surface area contributed by atoms with Gasteiger partial charge in [0, 0.05) is 12.1 Å². The van der Waals surface area contributed by atoms with Gasteiger partial charge in [0.1, 0.15) is 10.6 Å². The van der Waals surface area contributed by atoms with Crippen LogP contribution in [0.1, 0.15) is 37.1 Å². The molecule has 2 rings (SSSR count). The number of halogens is 1.